The Morgan fingerprint density at radius 1 is 1.28 bits per heavy atom. The third-order valence-corrected chi connectivity index (χ3v) is 4.44. The van der Waals surface area contributed by atoms with Crippen LogP contribution in [0, 0.1) is 3.57 Å². The van der Waals surface area contributed by atoms with Crippen molar-refractivity contribution in [2.24, 2.45) is 0 Å². The Bertz CT molecular complexity index is 595. The number of rotatable bonds is 5. The van der Waals surface area contributed by atoms with Crippen molar-refractivity contribution in [1.82, 2.24) is 19.9 Å². The second kappa shape index (κ2) is 5.76. The molecule has 96 valence electrons. The Morgan fingerprint density at radius 2 is 2.00 bits per heavy atom. The number of hydrogen-bond acceptors (Lipinski definition) is 4. The number of hydrogen-bond donors (Lipinski definition) is 2. The predicted molar refractivity (Wildman–Crippen MR) is 74.4 cm³/mol. The predicted octanol–water partition coefficient (Wildman–Crippen LogP) is 0.930. The van der Waals surface area contributed by atoms with Crippen LogP contribution in [0.25, 0.3) is 0 Å². The summed E-state index contributed by atoms with van der Waals surface area (Å²) in [6.45, 7) is 0.281. The molecule has 0 radical (unpaired) electrons. The molecule has 6 nitrogen and oxygen atoms in total. The standard InChI is InChI=1S/C10H11IN4O2S/c11-8-1-3-9(4-2-8)18(16,17)14-6-5-10-12-7-13-15-10/h1-4,7,14H,5-6H2,(H,12,13,15). The molecule has 0 spiro atoms. The van der Waals surface area contributed by atoms with Crippen molar-refractivity contribution < 1.29 is 8.42 Å². The van der Waals surface area contributed by atoms with Crippen LogP contribution in [0.15, 0.2) is 35.5 Å². The van der Waals surface area contributed by atoms with Gasteiger partial charge in [-0.1, -0.05) is 0 Å². The summed E-state index contributed by atoms with van der Waals surface area (Å²) in [5.74, 6) is 0.653. The first-order valence-corrected chi connectivity index (χ1v) is 7.73. The van der Waals surface area contributed by atoms with Crippen molar-refractivity contribution in [3.8, 4) is 0 Å². The molecule has 1 aromatic carbocycles. The summed E-state index contributed by atoms with van der Waals surface area (Å²) in [6, 6.07) is 6.67. The zero-order valence-electron chi connectivity index (χ0n) is 9.30. The van der Waals surface area contributed by atoms with Gasteiger partial charge in [-0.15, -0.1) is 0 Å². The maximum atomic E-state index is 11.9. The van der Waals surface area contributed by atoms with Crippen LogP contribution in [-0.4, -0.2) is 30.1 Å². The molecule has 0 unspecified atom stereocenters. The third kappa shape index (κ3) is 3.50. The zero-order chi connectivity index (χ0) is 13.0. The molecule has 2 rings (SSSR count). The molecule has 2 aromatic rings. The molecule has 0 aliphatic heterocycles. The minimum atomic E-state index is -3.45. The number of nitrogens with one attached hydrogen (secondary N) is 2. The molecule has 0 aliphatic carbocycles. The number of H-pyrrole nitrogens is 1. The van der Waals surface area contributed by atoms with E-state index in [-0.39, 0.29) is 11.4 Å². The van der Waals surface area contributed by atoms with Gasteiger partial charge < -0.3 is 0 Å². The molecule has 0 amide bonds. The molecule has 8 heteroatoms. The van der Waals surface area contributed by atoms with Crippen LogP contribution in [-0.2, 0) is 16.4 Å². The summed E-state index contributed by atoms with van der Waals surface area (Å²) in [6.07, 6.45) is 1.87. The molecular formula is C10H11IN4O2S. The van der Waals surface area contributed by atoms with E-state index < -0.39 is 10.0 Å². The molecule has 0 bridgehead atoms. The normalized spacial score (nSPS) is 11.6. The number of halogens is 1. The van der Waals surface area contributed by atoms with Crippen LogP contribution in [0.4, 0.5) is 0 Å². The fourth-order valence-corrected chi connectivity index (χ4v) is 2.74. The van der Waals surface area contributed by atoms with Crippen LogP contribution in [0.2, 0.25) is 0 Å². The molecule has 0 fully saturated rings. The molecule has 1 heterocycles. The monoisotopic (exact) mass is 378 g/mol. The van der Waals surface area contributed by atoms with E-state index in [0.29, 0.717) is 12.2 Å². The first-order chi connectivity index (χ1) is 8.58. The highest BCUT2D eigenvalue weighted by Gasteiger charge is 2.12. The smallest absolute Gasteiger partial charge is 0.240 e. The van der Waals surface area contributed by atoms with Gasteiger partial charge in [-0.3, -0.25) is 5.10 Å². The molecule has 0 atom stereocenters. The maximum absolute atomic E-state index is 11.9. The van der Waals surface area contributed by atoms with Crippen molar-refractivity contribution in [3.63, 3.8) is 0 Å². The van der Waals surface area contributed by atoms with E-state index in [1.807, 2.05) is 0 Å². The summed E-state index contributed by atoms with van der Waals surface area (Å²) >= 11 is 2.13. The van der Waals surface area contributed by atoms with Crippen LogP contribution in [0.5, 0.6) is 0 Å². The second-order valence-electron chi connectivity index (χ2n) is 3.53. The molecular weight excluding hydrogens is 367 g/mol. The van der Waals surface area contributed by atoms with Crippen molar-refractivity contribution >= 4 is 32.6 Å². The quantitative estimate of drug-likeness (QED) is 0.758. The highest BCUT2D eigenvalue weighted by atomic mass is 127. The van der Waals surface area contributed by atoms with Crippen molar-refractivity contribution in [2.75, 3.05) is 6.54 Å². The fourth-order valence-electron chi connectivity index (χ4n) is 1.35. The molecule has 0 aliphatic rings. The van der Waals surface area contributed by atoms with E-state index in [4.69, 9.17) is 0 Å². The lowest BCUT2D eigenvalue weighted by molar-refractivity contribution is 0.581. The van der Waals surface area contributed by atoms with Gasteiger partial charge >= 0.3 is 0 Å². The maximum Gasteiger partial charge on any atom is 0.240 e. The lowest BCUT2D eigenvalue weighted by Crippen LogP contribution is -2.26. The lowest BCUT2D eigenvalue weighted by Gasteiger charge is -2.05. The molecule has 0 saturated carbocycles. The van der Waals surface area contributed by atoms with Crippen molar-refractivity contribution in [1.29, 1.82) is 0 Å². The van der Waals surface area contributed by atoms with Crippen LogP contribution in [0.3, 0.4) is 0 Å². The van der Waals surface area contributed by atoms with Gasteiger partial charge in [-0.05, 0) is 46.9 Å². The third-order valence-electron chi connectivity index (χ3n) is 2.24. The van der Waals surface area contributed by atoms with Crippen molar-refractivity contribution in [3.05, 3.63) is 40.0 Å². The van der Waals surface area contributed by atoms with E-state index in [0.717, 1.165) is 3.57 Å². The number of benzene rings is 1. The van der Waals surface area contributed by atoms with Gasteiger partial charge in [0.2, 0.25) is 10.0 Å². The first kappa shape index (κ1) is 13.4. The molecule has 18 heavy (non-hydrogen) atoms. The molecule has 2 N–H and O–H groups in total. The number of nitrogens with zero attached hydrogens (tertiary/aromatic N) is 2. The van der Waals surface area contributed by atoms with Gasteiger partial charge in [0.25, 0.3) is 0 Å². The topological polar surface area (TPSA) is 87.7 Å². The second-order valence-corrected chi connectivity index (χ2v) is 6.55. The van der Waals surface area contributed by atoms with E-state index in [9.17, 15) is 8.42 Å². The van der Waals surface area contributed by atoms with E-state index >= 15 is 0 Å². The van der Waals surface area contributed by atoms with E-state index in [1.54, 1.807) is 24.3 Å². The Hall–Kier alpha value is -1.000. The highest BCUT2D eigenvalue weighted by molar-refractivity contribution is 14.1. The minimum absolute atomic E-state index is 0.264. The van der Waals surface area contributed by atoms with Crippen LogP contribution in [0.1, 0.15) is 5.82 Å². The summed E-state index contributed by atoms with van der Waals surface area (Å²) < 4.78 is 27.3. The van der Waals surface area contributed by atoms with Gasteiger partial charge in [-0.25, -0.2) is 18.1 Å². The summed E-state index contributed by atoms with van der Waals surface area (Å²) in [7, 11) is -3.45. The van der Waals surface area contributed by atoms with Gasteiger partial charge in [0.15, 0.2) is 0 Å². The lowest BCUT2D eigenvalue weighted by atomic mass is 10.4. The SMILES string of the molecule is O=S(=O)(NCCc1ncn[nH]1)c1ccc(I)cc1. The highest BCUT2D eigenvalue weighted by Crippen LogP contribution is 2.11. The largest absolute Gasteiger partial charge is 0.263 e. The molecule has 1 aromatic heterocycles. The van der Waals surface area contributed by atoms with Crippen LogP contribution >= 0.6 is 22.6 Å². The Kier molecular flexibility index (Phi) is 4.30. The molecule has 0 saturated heterocycles. The van der Waals surface area contributed by atoms with Crippen molar-refractivity contribution in [2.45, 2.75) is 11.3 Å². The summed E-state index contributed by atoms with van der Waals surface area (Å²) in [5, 5.41) is 6.36. The number of sulfonamides is 1. The number of aromatic nitrogens is 3. The van der Waals surface area contributed by atoms with Gasteiger partial charge in [0, 0.05) is 16.5 Å². The summed E-state index contributed by atoms with van der Waals surface area (Å²) in [5.41, 5.74) is 0. The Balaban J connectivity index is 1.97. The zero-order valence-corrected chi connectivity index (χ0v) is 12.3. The Labute approximate surface area is 118 Å². The van der Waals surface area contributed by atoms with Gasteiger partial charge in [0.1, 0.15) is 12.2 Å². The average Bonchev–Trinajstić information content (AvgIpc) is 2.82. The van der Waals surface area contributed by atoms with E-state index in [1.165, 1.54) is 6.33 Å². The first-order valence-electron chi connectivity index (χ1n) is 5.17. The minimum Gasteiger partial charge on any atom is -0.263 e. The van der Waals surface area contributed by atoms with E-state index in [2.05, 4.69) is 42.5 Å². The Morgan fingerprint density at radius 3 is 2.61 bits per heavy atom. The van der Waals surface area contributed by atoms with Gasteiger partial charge in [0.05, 0.1) is 4.90 Å². The van der Waals surface area contributed by atoms with Gasteiger partial charge in [-0.2, -0.15) is 5.10 Å². The van der Waals surface area contributed by atoms with Crippen LogP contribution < -0.4 is 4.72 Å². The number of aromatic amines is 1. The fraction of sp³-hybridized carbons (Fsp3) is 0.200. The average molecular weight is 378 g/mol. The summed E-state index contributed by atoms with van der Waals surface area (Å²) in [4.78, 5) is 4.18.